The molecule has 1 N–H and O–H groups in total. The normalized spacial score (nSPS) is 18.3. The second-order valence-electron chi connectivity index (χ2n) is 6.50. The summed E-state index contributed by atoms with van der Waals surface area (Å²) in [4.78, 5) is 14.5. The molecule has 0 aliphatic heterocycles. The Morgan fingerprint density at radius 1 is 1.33 bits per heavy atom. The molecule has 4 nitrogen and oxygen atoms in total. The number of hydrogen-bond donors (Lipinski definition) is 1. The van der Waals surface area contributed by atoms with Crippen LogP contribution in [-0.4, -0.2) is 49.7 Å². The monoisotopic (exact) mass is 298 g/mol. The summed E-state index contributed by atoms with van der Waals surface area (Å²) in [7, 11) is 1.47. The molecule has 0 amide bonds. The highest BCUT2D eigenvalue weighted by atomic mass is 16.5. The predicted molar refractivity (Wildman–Crippen MR) is 87.4 cm³/mol. The SMILES string of the molecule is CCNC(C)(CCCCN(CC)CC1CCC1)C(=O)OC. The largest absolute Gasteiger partial charge is 0.468 e. The van der Waals surface area contributed by atoms with Crippen LogP contribution in [0.4, 0.5) is 0 Å². The van der Waals surface area contributed by atoms with Gasteiger partial charge in [-0.1, -0.05) is 20.3 Å². The minimum absolute atomic E-state index is 0.147. The van der Waals surface area contributed by atoms with Crippen molar-refractivity contribution < 1.29 is 9.53 Å². The first-order valence-electron chi connectivity index (χ1n) is 8.61. The Hall–Kier alpha value is -0.610. The number of methoxy groups -OCH3 is 1. The Morgan fingerprint density at radius 3 is 2.52 bits per heavy atom. The maximum absolute atomic E-state index is 11.9. The molecule has 0 heterocycles. The summed E-state index contributed by atoms with van der Waals surface area (Å²) in [5, 5.41) is 3.27. The highest BCUT2D eigenvalue weighted by molar-refractivity contribution is 5.80. The number of nitrogens with zero attached hydrogens (tertiary/aromatic N) is 1. The van der Waals surface area contributed by atoms with E-state index >= 15 is 0 Å². The van der Waals surface area contributed by atoms with E-state index in [1.54, 1.807) is 0 Å². The fraction of sp³-hybridized carbons (Fsp3) is 0.941. The van der Waals surface area contributed by atoms with Gasteiger partial charge in [-0.2, -0.15) is 0 Å². The van der Waals surface area contributed by atoms with Crippen LogP contribution in [0.25, 0.3) is 0 Å². The van der Waals surface area contributed by atoms with Gasteiger partial charge in [-0.3, -0.25) is 4.79 Å². The number of rotatable bonds is 11. The molecule has 1 aliphatic carbocycles. The van der Waals surface area contributed by atoms with Gasteiger partial charge in [-0.05, 0) is 64.6 Å². The zero-order chi connectivity index (χ0) is 15.7. The molecule has 21 heavy (non-hydrogen) atoms. The third kappa shape index (κ3) is 5.95. The van der Waals surface area contributed by atoms with E-state index in [1.165, 1.54) is 32.9 Å². The second-order valence-corrected chi connectivity index (χ2v) is 6.50. The first-order chi connectivity index (χ1) is 10.1. The van der Waals surface area contributed by atoms with Crippen molar-refractivity contribution in [1.29, 1.82) is 0 Å². The van der Waals surface area contributed by atoms with Crippen LogP contribution < -0.4 is 5.32 Å². The number of carbonyl (C=O) groups is 1. The van der Waals surface area contributed by atoms with E-state index in [0.29, 0.717) is 0 Å². The Labute approximate surface area is 130 Å². The van der Waals surface area contributed by atoms with Crippen LogP contribution in [-0.2, 0) is 9.53 Å². The van der Waals surface area contributed by atoms with Crippen molar-refractivity contribution >= 4 is 5.97 Å². The maximum Gasteiger partial charge on any atom is 0.325 e. The van der Waals surface area contributed by atoms with Crippen molar-refractivity contribution in [2.24, 2.45) is 5.92 Å². The quantitative estimate of drug-likeness (QED) is 0.470. The van der Waals surface area contributed by atoms with E-state index in [4.69, 9.17) is 4.74 Å². The van der Waals surface area contributed by atoms with Gasteiger partial charge >= 0.3 is 5.97 Å². The lowest BCUT2D eigenvalue weighted by Gasteiger charge is -2.32. The Kier molecular flexibility index (Phi) is 8.27. The molecule has 124 valence electrons. The Balaban J connectivity index is 2.27. The molecule has 1 rings (SSSR count). The van der Waals surface area contributed by atoms with Gasteiger partial charge in [0.2, 0.25) is 0 Å². The summed E-state index contributed by atoms with van der Waals surface area (Å²) in [5.74, 6) is 0.790. The smallest absolute Gasteiger partial charge is 0.325 e. The van der Waals surface area contributed by atoms with Gasteiger partial charge in [-0.25, -0.2) is 0 Å². The third-order valence-electron chi connectivity index (χ3n) is 4.79. The van der Waals surface area contributed by atoms with Crippen molar-refractivity contribution in [2.75, 3.05) is 33.3 Å². The van der Waals surface area contributed by atoms with E-state index in [9.17, 15) is 4.79 Å². The lowest BCUT2D eigenvalue weighted by atomic mass is 9.85. The predicted octanol–water partition coefficient (Wildman–Crippen LogP) is 2.82. The van der Waals surface area contributed by atoms with Gasteiger partial charge in [0.25, 0.3) is 0 Å². The highest BCUT2D eigenvalue weighted by Crippen LogP contribution is 2.27. The number of ether oxygens (including phenoxy) is 1. The minimum Gasteiger partial charge on any atom is -0.468 e. The molecular formula is C17H34N2O2. The van der Waals surface area contributed by atoms with Crippen LogP contribution in [0, 0.1) is 5.92 Å². The highest BCUT2D eigenvalue weighted by Gasteiger charge is 2.32. The molecular weight excluding hydrogens is 264 g/mol. The van der Waals surface area contributed by atoms with E-state index in [2.05, 4.69) is 17.1 Å². The number of hydrogen-bond acceptors (Lipinski definition) is 4. The molecule has 0 aromatic rings. The van der Waals surface area contributed by atoms with E-state index in [-0.39, 0.29) is 5.97 Å². The topological polar surface area (TPSA) is 41.6 Å². The average Bonchev–Trinajstić information content (AvgIpc) is 2.44. The summed E-state index contributed by atoms with van der Waals surface area (Å²) in [6.07, 6.45) is 7.30. The minimum atomic E-state index is -0.533. The molecule has 1 fully saturated rings. The van der Waals surface area contributed by atoms with Crippen molar-refractivity contribution in [3.05, 3.63) is 0 Å². The number of esters is 1. The molecule has 4 heteroatoms. The fourth-order valence-electron chi connectivity index (χ4n) is 3.11. The standard InChI is InChI=1S/C17H34N2O2/c1-5-18-17(3,16(20)21-4)12-7-8-13-19(6-2)14-15-10-9-11-15/h15,18H,5-14H2,1-4H3. The van der Waals surface area contributed by atoms with Crippen LogP contribution in [0.2, 0.25) is 0 Å². The molecule has 0 spiro atoms. The molecule has 1 unspecified atom stereocenters. The van der Waals surface area contributed by atoms with E-state index < -0.39 is 5.54 Å². The lowest BCUT2D eigenvalue weighted by Crippen LogP contribution is -2.50. The number of nitrogens with one attached hydrogen (secondary N) is 1. The van der Waals surface area contributed by atoms with Gasteiger partial charge in [0, 0.05) is 6.54 Å². The van der Waals surface area contributed by atoms with Crippen molar-refractivity contribution in [3.8, 4) is 0 Å². The molecule has 0 bridgehead atoms. The van der Waals surface area contributed by atoms with Crippen molar-refractivity contribution in [3.63, 3.8) is 0 Å². The average molecular weight is 298 g/mol. The van der Waals surface area contributed by atoms with Crippen LogP contribution >= 0.6 is 0 Å². The molecule has 0 aromatic heterocycles. The van der Waals surface area contributed by atoms with E-state index in [1.807, 2.05) is 13.8 Å². The summed E-state index contributed by atoms with van der Waals surface area (Å²) >= 11 is 0. The molecule has 0 radical (unpaired) electrons. The first-order valence-corrected chi connectivity index (χ1v) is 8.61. The first kappa shape index (κ1) is 18.4. The fourth-order valence-corrected chi connectivity index (χ4v) is 3.11. The second kappa shape index (κ2) is 9.42. The number of carbonyl (C=O) groups excluding carboxylic acids is 1. The summed E-state index contributed by atoms with van der Waals surface area (Å²) in [5.41, 5.74) is -0.533. The van der Waals surface area contributed by atoms with Gasteiger partial charge in [0.15, 0.2) is 0 Å². The summed E-state index contributed by atoms with van der Waals surface area (Å²) in [6.45, 7) is 10.6. The third-order valence-corrected chi connectivity index (χ3v) is 4.79. The van der Waals surface area contributed by atoms with Crippen LogP contribution in [0.5, 0.6) is 0 Å². The lowest BCUT2D eigenvalue weighted by molar-refractivity contribution is -0.148. The van der Waals surface area contributed by atoms with Crippen LogP contribution in [0.15, 0.2) is 0 Å². The van der Waals surface area contributed by atoms with Crippen molar-refractivity contribution in [1.82, 2.24) is 10.2 Å². The van der Waals surface area contributed by atoms with Crippen LogP contribution in [0.1, 0.15) is 59.3 Å². The zero-order valence-corrected chi connectivity index (χ0v) is 14.4. The van der Waals surface area contributed by atoms with Crippen LogP contribution in [0.3, 0.4) is 0 Å². The molecule has 0 saturated heterocycles. The van der Waals surface area contributed by atoms with Gasteiger partial charge in [0.05, 0.1) is 7.11 Å². The zero-order valence-electron chi connectivity index (χ0n) is 14.4. The molecule has 1 aliphatic rings. The molecule has 1 atom stereocenters. The van der Waals surface area contributed by atoms with Gasteiger partial charge in [0.1, 0.15) is 5.54 Å². The molecule has 0 aromatic carbocycles. The van der Waals surface area contributed by atoms with Gasteiger partial charge in [-0.15, -0.1) is 0 Å². The van der Waals surface area contributed by atoms with Gasteiger partial charge < -0.3 is 15.0 Å². The Morgan fingerprint density at radius 2 is 2.05 bits per heavy atom. The number of likely N-dealkylation sites (N-methyl/N-ethyl adjacent to an activating group) is 1. The number of unbranched alkanes of at least 4 members (excludes halogenated alkanes) is 1. The summed E-state index contributed by atoms with van der Waals surface area (Å²) < 4.78 is 4.93. The maximum atomic E-state index is 11.9. The Bertz CT molecular complexity index is 305. The van der Waals surface area contributed by atoms with E-state index in [0.717, 1.165) is 44.8 Å². The summed E-state index contributed by atoms with van der Waals surface area (Å²) in [6, 6.07) is 0. The molecule has 1 saturated carbocycles. The van der Waals surface area contributed by atoms with Crippen molar-refractivity contribution in [2.45, 2.75) is 64.8 Å².